The minimum atomic E-state index is -1.73. The van der Waals surface area contributed by atoms with Gasteiger partial charge in [-0.1, -0.05) is 32.6 Å². The molecule has 0 bridgehead atoms. The molecule has 110 valence electrons. The molecule has 0 radical (unpaired) electrons. The van der Waals surface area contributed by atoms with Crippen LogP contribution in [0.1, 0.15) is 32.0 Å². The van der Waals surface area contributed by atoms with Gasteiger partial charge in [-0.3, -0.25) is 0 Å². The molecule has 0 aliphatic heterocycles. The molecule has 0 atom stereocenters. The Hall–Kier alpha value is -1.38. The summed E-state index contributed by atoms with van der Waals surface area (Å²) in [5, 5.41) is 0.202. The van der Waals surface area contributed by atoms with Crippen molar-refractivity contribution in [2.75, 3.05) is 13.7 Å². The quantitative estimate of drug-likeness (QED) is 0.634. The Bertz CT molecular complexity index is 525. The van der Waals surface area contributed by atoms with Gasteiger partial charge >= 0.3 is 6.01 Å². The van der Waals surface area contributed by atoms with Gasteiger partial charge in [0, 0.05) is 0 Å². The van der Waals surface area contributed by atoms with Gasteiger partial charge in [0.1, 0.15) is 0 Å². The fourth-order valence-electron chi connectivity index (χ4n) is 1.23. The molecule has 5 heteroatoms. The van der Waals surface area contributed by atoms with Gasteiger partial charge in [-0.2, -0.15) is 4.98 Å². The van der Waals surface area contributed by atoms with Gasteiger partial charge in [0.25, 0.3) is 0 Å². The van der Waals surface area contributed by atoms with E-state index in [4.69, 9.17) is 9.16 Å². The first-order valence-electron chi connectivity index (χ1n) is 6.68. The van der Waals surface area contributed by atoms with Crippen molar-refractivity contribution in [3.8, 4) is 17.9 Å². The third-order valence-electron chi connectivity index (χ3n) is 3.67. The second-order valence-electron chi connectivity index (χ2n) is 6.21. The molecule has 1 aromatic heterocycles. The Balaban J connectivity index is 2.68. The molecule has 0 aliphatic rings. The Morgan fingerprint density at radius 2 is 1.95 bits per heavy atom. The molecule has 20 heavy (non-hydrogen) atoms. The molecule has 0 spiro atoms. The maximum atomic E-state index is 6.00. The molecule has 1 rings (SSSR count). The molecule has 0 saturated heterocycles. The molecule has 0 aromatic carbocycles. The zero-order valence-corrected chi connectivity index (χ0v) is 14.5. The lowest BCUT2D eigenvalue weighted by molar-refractivity contribution is 0.334. The third-order valence-corrected chi connectivity index (χ3v) is 8.15. The van der Waals surface area contributed by atoms with Crippen LogP contribution in [-0.2, 0) is 4.43 Å². The summed E-state index contributed by atoms with van der Waals surface area (Å²) in [5.41, 5.74) is 1.63. The summed E-state index contributed by atoms with van der Waals surface area (Å²) >= 11 is 0. The Labute approximate surface area is 123 Å². The average molecular weight is 292 g/mol. The van der Waals surface area contributed by atoms with E-state index in [1.54, 1.807) is 13.3 Å². The SMILES string of the molecule is COc1ncc(C#CCO[Si](C)(C)C(C)(C)C)c(C)n1. The van der Waals surface area contributed by atoms with Gasteiger partial charge in [0.05, 0.1) is 31.2 Å². The Morgan fingerprint density at radius 1 is 1.30 bits per heavy atom. The van der Waals surface area contributed by atoms with E-state index in [1.165, 1.54) is 0 Å². The van der Waals surface area contributed by atoms with Gasteiger partial charge in [0.15, 0.2) is 8.32 Å². The maximum absolute atomic E-state index is 6.00. The summed E-state index contributed by atoms with van der Waals surface area (Å²) in [6.07, 6.45) is 1.68. The molecular weight excluding hydrogens is 268 g/mol. The second kappa shape index (κ2) is 6.38. The Morgan fingerprint density at radius 3 is 2.45 bits per heavy atom. The number of hydrogen-bond donors (Lipinski definition) is 0. The minimum absolute atomic E-state index is 0.202. The van der Waals surface area contributed by atoms with Crippen LogP contribution >= 0.6 is 0 Å². The highest BCUT2D eigenvalue weighted by atomic mass is 28.4. The largest absolute Gasteiger partial charge is 0.467 e. The zero-order chi connectivity index (χ0) is 15.4. The number of ether oxygens (including phenoxy) is 1. The van der Waals surface area contributed by atoms with E-state index >= 15 is 0 Å². The van der Waals surface area contributed by atoms with E-state index in [9.17, 15) is 0 Å². The van der Waals surface area contributed by atoms with Crippen LogP contribution in [0.5, 0.6) is 6.01 Å². The predicted octanol–water partition coefficient (Wildman–Crippen LogP) is 3.17. The van der Waals surface area contributed by atoms with Crippen LogP contribution in [0.15, 0.2) is 6.20 Å². The molecule has 1 aromatic rings. The van der Waals surface area contributed by atoms with Gasteiger partial charge in [-0.15, -0.1) is 0 Å². The normalized spacial score (nSPS) is 11.8. The fourth-order valence-corrected chi connectivity index (χ4v) is 2.10. The summed E-state index contributed by atoms with van der Waals surface area (Å²) in [6.45, 7) is 13.4. The molecule has 0 aliphatic carbocycles. The average Bonchev–Trinajstić information content (AvgIpc) is 2.34. The van der Waals surface area contributed by atoms with Crippen LogP contribution in [0.2, 0.25) is 18.1 Å². The van der Waals surface area contributed by atoms with Crippen molar-refractivity contribution >= 4 is 8.32 Å². The molecular formula is C15H24N2O2Si. The van der Waals surface area contributed by atoms with Crippen LogP contribution in [0, 0.1) is 18.8 Å². The first kappa shape index (κ1) is 16.7. The number of aromatic nitrogens is 2. The van der Waals surface area contributed by atoms with E-state index in [1.807, 2.05) is 6.92 Å². The number of nitrogens with zero attached hydrogens (tertiary/aromatic N) is 2. The number of rotatable bonds is 3. The minimum Gasteiger partial charge on any atom is -0.467 e. The highest BCUT2D eigenvalue weighted by molar-refractivity contribution is 6.74. The van der Waals surface area contributed by atoms with Gasteiger partial charge < -0.3 is 9.16 Å². The van der Waals surface area contributed by atoms with Crippen LogP contribution in [0.4, 0.5) is 0 Å². The molecule has 0 amide bonds. The number of hydrogen-bond acceptors (Lipinski definition) is 4. The highest BCUT2D eigenvalue weighted by Gasteiger charge is 2.36. The molecule has 0 fully saturated rings. The van der Waals surface area contributed by atoms with Crippen molar-refractivity contribution in [2.45, 2.75) is 45.8 Å². The summed E-state index contributed by atoms with van der Waals surface area (Å²) in [6, 6.07) is 0.366. The summed E-state index contributed by atoms with van der Waals surface area (Å²) in [7, 11) is -0.176. The predicted molar refractivity (Wildman–Crippen MR) is 83.3 cm³/mol. The van der Waals surface area contributed by atoms with Gasteiger partial charge in [-0.05, 0) is 25.1 Å². The van der Waals surface area contributed by atoms with Crippen LogP contribution < -0.4 is 4.74 Å². The van der Waals surface area contributed by atoms with Crippen molar-refractivity contribution in [3.05, 3.63) is 17.5 Å². The monoisotopic (exact) mass is 292 g/mol. The molecule has 4 nitrogen and oxygen atoms in total. The maximum Gasteiger partial charge on any atom is 0.316 e. The summed E-state index contributed by atoms with van der Waals surface area (Å²) < 4.78 is 11.0. The van der Waals surface area contributed by atoms with Gasteiger partial charge in [0.2, 0.25) is 0 Å². The number of methoxy groups -OCH3 is 1. The van der Waals surface area contributed by atoms with E-state index in [2.05, 4.69) is 55.7 Å². The van der Waals surface area contributed by atoms with E-state index in [0.29, 0.717) is 12.6 Å². The second-order valence-corrected chi connectivity index (χ2v) is 11.0. The topological polar surface area (TPSA) is 44.2 Å². The first-order chi connectivity index (χ1) is 9.17. The fraction of sp³-hybridized carbons (Fsp3) is 0.600. The van der Waals surface area contributed by atoms with Crippen LogP contribution in [0.25, 0.3) is 0 Å². The first-order valence-corrected chi connectivity index (χ1v) is 9.58. The van der Waals surface area contributed by atoms with E-state index in [0.717, 1.165) is 11.3 Å². The smallest absolute Gasteiger partial charge is 0.316 e. The zero-order valence-electron chi connectivity index (χ0n) is 13.5. The van der Waals surface area contributed by atoms with Crippen LogP contribution in [-0.4, -0.2) is 32.0 Å². The summed E-state index contributed by atoms with van der Waals surface area (Å²) in [5.74, 6) is 6.10. The van der Waals surface area contributed by atoms with E-state index < -0.39 is 8.32 Å². The van der Waals surface area contributed by atoms with Gasteiger partial charge in [-0.25, -0.2) is 4.98 Å². The van der Waals surface area contributed by atoms with Crippen molar-refractivity contribution in [3.63, 3.8) is 0 Å². The third kappa shape index (κ3) is 4.32. The standard InChI is InChI=1S/C15H24N2O2Si/c1-12-13(11-16-14(17-12)18-5)9-8-10-19-20(6,7)15(2,3)4/h11H,10H2,1-7H3. The summed E-state index contributed by atoms with van der Waals surface area (Å²) in [4.78, 5) is 8.25. The number of aryl methyl sites for hydroxylation is 1. The molecule has 0 N–H and O–H groups in total. The molecule has 1 heterocycles. The highest BCUT2D eigenvalue weighted by Crippen LogP contribution is 2.36. The molecule has 0 saturated carbocycles. The lowest BCUT2D eigenvalue weighted by Crippen LogP contribution is -2.40. The van der Waals surface area contributed by atoms with Crippen molar-refractivity contribution in [2.24, 2.45) is 0 Å². The van der Waals surface area contributed by atoms with Crippen molar-refractivity contribution < 1.29 is 9.16 Å². The van der Waals surface area contributed by atoms with E-state index in [-0.39, 0.29) is 5.04 Å². The van der Waals surface area contributed by atoms with Crippen LogP contribution in [0.3, 0.4) is 0 Å². The lowest BCUT2D eigenvalue weighted by atomic mass is 10.2. The molecule has 0 unspecified atom stereocenters. The Kier molecular flexibility index (Phi) is 5.32. The van der Waals surface area contributed by atoms with Crippen molar-refractivity contribution in [1.82, 2.24) is 9.97 Å². The lowest BCUT2D eigenvalue weighted by Gasteiger charge is -2.35. The van der Waals surface area contributed by atoms with Crippen molar-refractivity contribution in [1.29, 1.82) is 0 Å².